The van der Waals surface area contributed by atoms with Gasteiger partial charge in [0.05, 0.1) is 12.7 Å². The number of carbonyl (C=O) groups is 9. The molecule has 1 aliphatic rings. The van der Waals surface area contributed by atoms with E-state index in [0.717, 1.165) is 10.9 Å². The van der Waals surface area contributed by atoms with Crippen molar-refractivity contribution in [2.45, 2.75) is 113 Å². The van der Waals surface area contributed by atoms with Crippen molar-refractivity contribution in [3.8, 4) is 0 Å². The van der Waals surface area contributed by atoms with Gasteiger partial charge in [-0.05, 0) is 36.5 Å². The molecule has 4 aromatic rings. The average molecular weight is 996 g/mol. The largest absolute Gasteiger partial charge is 0.370 e. The zero-order valence-corrected chi connectivity index (χ0v) is 40.3. The standard InChI is InChI=1S/C48H65N15O9/c1-3-4-14-34(57-28(2)65)41(67)61-38-20-40(66)55-24-39(46(72)63-48(25-49,26-64)21-30-22-54-33-15-9-8-13-32(30)33)62-42(68)35(16-10-17-53-47(50)51)58-43(69)36(18-29-11-6-5-7-12-29)59-44(70)37(60-45(38)71)19-31-23-52-27-56-31/h5-9,11-13,15,22-23,26-27,34-39,54H,3-4,10,14,16-21,24-25,49H2,1-2H3,(H,52,56)(H,55,66)(H,57,65)(H,58,69)(H,59,70)(H,60,71)(H,61,67)(H,62,68)(H,63,72)(H4,50,51,53). The maximum absolute atomic E-state index is 14.5. The van der Waals surface area contributed by atoms with Gasteiger partial charge in [-0.25, -0.2) is 4.98 Å². The van der Waals surface area contributed by atoms with Crippen LogP contribution in [0.25, 0.3) is 10.9 Å². The summed E-state index contributed by atoms with van der Waals surface area (Å²) < 4.78 is 0. The number of nitrogens with zero attached hydrogens (tertiary/aromatic N) is 2. The Morgan fingerprint density at radius 1 is 0.875 bits per heavy atom. The van der Waals surface area contributed by atoms with Gasteiger partial charge < -0.3 is 74.5 Å². The van der Waals surface area contributed by atoms with Gasteiger partial charge in [0.15, 0.2) is 5.96 Å². The first-order valence-electron chi connectivity index (χ1n) is 23.7. The predicted molar refractivity (Wildman–Crippen MR) is 265 cm³/mol. The number of aromatic nitrogens is 3. The Bertz CT molecular complexity index is 2550. The predicted octanol–water partition coefficient (Wildman–Crippen LogP) is -2.38. The van der Waals surface area contributed by atoms with Gasteiger partial charge in [0.1, 0.15) is 48.1 Å². The molecule has 3 heterocycles. The molecule has 7 atom stereocenters. The number of para-hydroxylation sites is 1. The van der Waals surface area contributed by atoms with Gasteiger partial charge in [-0.15, -0.1) is 0 Å². The Balaban J connectivity index is 1.57. The molecule has 24 heteroatoms. The molecule has 7 unspecified atom stereocenters. The monoisotopic (exact) mass is 996 g/mol. The van der Waals surface area contributed by atoms with E-state index in [1.165, 1.54) is 19.4 Å². The summed E-state index contributed by atoms with van der Waals surface area (Å²) in [5.41, 5.74) is 18.0. The number of amides is 8. The number of aromatic amines is 2. The molecular formula is C48H65N15O9. The van der Waals surface area contributed by atoms with Crippen molar-refractivity contribution >= 4 is 70.4 Å². The summed E-state index contributed by atoms with van der Waals surface area (Å²) in [4.78, 5) is 139. The van der Waals surface area contributed by atoms with Crippen molar-refractivity contribution in [3.63, 3.8) is 0 Å². The number of aldehydes is 1. The number of unbranched alkanes of at least 4 members (excludes halogenated alkanes) is 1. The minimum atomic E-state index is -1.73. The molecule has 0 spiro atoms. The zero-order chi connectivity index (χ0) is 52.2. The molecule has 0 bridgehead atoms. The molecule has 1 saturated heterocycles. The van der Waals surface area contributed by atoms with Crippen LogP contribution in [0, 0.1) is 0 Å². The lowest BCUT2D eigenvalue weighted by atomic mass is 9.91. The Kier molecular flexibility index (Phi) is 20.3. The molecular weight excluding hydrogens is 931 g/mol. The van der Waals surface area contributed by atoms with Crippen molar-refractivity contribution in [3.05, 3.63) is 90.1 Å². The molecule has 0 saturated carbocycles. The van der Waals surface area contributed by atoms with Crippen LogP contribution >= 0.6 is 0 Å². The van der Waals surface area contributed by atoms with Crippen LogP contribution in [0.4, 0.5) is 0 Å². The third kappa shape index (κ3) is 16.2. The van der Waals surface area contributed by atoms with Gasteiger partial charge in [0.25, 0.3) is 0 Å². The maximum Gasteiger partial charge on any atom is 0.245 e. The molecule has 1 aliphatic heterocycles. The van der Waals surface area contributed by atoms with Gasteiger partial charge >= 0.3 is 0 Å². The Labute approximate surface area is 415 Å². The molecule has 24 nitrogen and oxygen atoms in total. The number of benzene rings is 2. The molecule has 0 aliphatic carbocycles. The van der Waals surface area contributed by atoms with Crippen LogP contribution in [-0.2, 0) is 62.4 Å². The van der Waals surface area contributed by atoms with Crippen molar-refractivity contribution in [1.29, 1.82) is 0 Å². The first-order chi connectivity index (χ1) is 34.5. The third-order valence-electron chi connectivity index (χ3n) is 11.9. The van der Waals surface area contributed by atoms with E-state index in [1.807, 2.05) is 25.1 Å². The molecule has 8 amide bonds. The molecule has 2 aromatic heterocycles. The third-order valence-corrected chi connectivity index (χ3v) is 11.9. The molecule has 16 N–H and O–H groups in total. The SMILES string of the molecule is CCCCC(NC(C)=O)C(=O)NC1CC(=O)NCC(C(=O)NC(C=O)(CN)Cc2c[nH]c3ccccc23)NC(=O)C(CCCN=C(N)N)NC(=O)C(Cc2ccccc2)NC(=O)C(Cc2cnc[nH]2)NC1=O. The molecule has 2 aromatic carbocycles. The lowest BCUT2D eigenvalue weighted by Gasteiger charge is -2.31. The highest BCUT2D eigenvalue weighted by Crippen LogP contribution is 2.22. The van der Waals surface area contributed by atoms with E-state index in [2.05, 4.69) is 62.5 Å². The fraction of sp³-hybridized carbons (Fsp3) is 0.438. The summed E-state index contributed by atoms with van der Waals surface area (Å²) in [5.74, 6) is -7.01. The van der Waals surface area contributed by atoms with E-state index in [9.17, 15) is 43.2 Å². The lowest BCUT2D eigenvalue weighted by Crippen LogP contribution is -2.64. The van der Waals surface area contributed by atoms with Crippen LogP contribution in [0.2, 0.25) is 0 Å². The number of imidazole rings is 1. The first kappa shape index (κ1) is 54.8. The first-order valence-corrected chi connectivity index (χ1v) is 23.7. The van der Waals surface area contributed by atoms with Crippen LogP contribution in [0.1, 0.15) is 69.2 Å². The quantitative estimate of drug-likeness (QED) is 0.0191. The topological polar surface area (TPSA) is 385 Å². The molecule has 72 heavy (non-hydrogen) atoms. The molecule has 5 rings (SSSR count). The number of hydrogen-bond acceptors (Lipinski definition) is 12. The van der Waals surface area contributed by atoms with E-state index in [4.69, 9.17) is 17.2 Å². The van der Waals surface area contributed by atoms with Crippen molar-refractivity contribution in [1.82, 2.24) is 57.5 Å². The highest BCUT2D eigenvalue weighted by Gasteiger charge is 2.38. The number of rotatable bonds is 20. The van der Waals surface area contributed by atoms with Crippen molar-refractivity contribution in [2.24, 2.45) is 22.2 Å². The lowest BCUT2D eigenvalue weighted by molar-refractivity contribution is -0.136. The Morgan fingerprint density at radius 2 is 1.56 bits per heavy atom. The van der Waals surface area contributed by atoms with Gasteiger partial charge in [0.2, 0.25) is 47.3 Å². The zero-order valence-electron chi connectivity index (χ0n) is 40.3. The summed E-state index contributed by atoms with van der Waals surface area (Å²) in [6.45, 7) is 2.11. The second-order valence-electron chi connectivity index (χ2n) is 17.6. The fourth-order valence-corrected chi connectivity index (χ4v) is 8.07. The second kappa shape index (κ2) is 26.7. The maximum atomic E-state index is 14.5. The van der Waals surface area contributed by atoms with Gasteiger partial charge in [-0.3, -0.25) is 43.3 Å². The molecule has 386 valence electrons. The van der Waals surface area contributed by atoms with E-state index in [0.29, 0.717) is 35.9 Å². The van der Waals surface area contributed by atoms with E-state index in [1.54, 1.807) is 42.6 Å². The van der Waals surface area contributed by atoms with Crippen LogP contribution in [0.5, 0.6) is 0 Å². The number of aliphatic imine (C=N–C) groups is 1. The van der Waals surface area contributed by atoms with Crippen LogP contribution < -0.4 is 59.7 Å². The molecule has 0 radical (unpaired) electrons. The summed E-state index contributed by atoms with van der Waals surface area (Å²) >= 11 is 0. The van der Waals surface area contributed by atoms with Crippen LogP contribution in [-0.4, -0.2) is 136 Å². The van der Waals surface area contributed by atoms with E-state index < -0.39 is 102 Å². The fourth-order valence-electron chi connectivity index (χ4n) is 8.07. The minimum absolute atomic E-state index is 0.0369. The highest BCUT2D eigenvalue weighted by molar-refractivity contribution is 5.99. The number of nitrogens with two attached hydrogens (primary N) is 3. The summed E-state index contributed by atoms with van der Waals surface area (Å²) in [7, 11) is 0. The van der Waals surface area contributed by atoms with Crippen LogP contribution in [0.3, 0.4) is 0 Å². The molecule has 1 fully saturated rings. The summed E-state index contributed by atoms with van der Waals surface area (Å²) in [5, 5.41) is 21.8. The van der Waals surface area contributed by atoms with Gasteiger partial charge in [-0.2, -0.15) is 0 Å². The normalized spacial score (nSPS) is 20.4. The Morgan fingerprint density at radius 3 is 2.22 bits per heavy atom. The number of guanidine groups is 1. The van der Waals surface area contributed by atoms with Crippen molar-refractivity contribution < 1.29 is 43.2 Å². The number of fused-ring (bicyclic) bond motifs is 1. The number of carbonyl (C=O) groups excluding carboxylic acids is 9. The number of hydrogen-bond donors (Lipinski definition) is 13. The smallest absolute Gasteiger partial charge is 0.245 e. The van der Waals surface area contributed by atoms with Gasteiger partial charge in [0, 0.05) is 74.8 Å². The van der Waals surface area contributed by atoms with Gasteiger partial charge in [-0.1, -0.05) is 68.3 Å². The summed E-state index contributed by atoms with van der Waals surface area (Å²) in [6, 6.07) is 7.23. The van der Waals surface area contributed by atoms with E-state index >= 15 is 0 Å². The van der Waals surface area contributed by atoms with Crippen molar-refractivity contribution in [2.75, 3.05) is 19.6 Å². The number of nitrogens with one attached hydrogen (secondary N) is 10. The van der Waals surface area contributed by atoms with Crippen LogP contribution in [0.15, 0.2) is 78.3 Å². The average Bonchev–Trinajstić information content (AvgIpc) is 4.03. The second-order valence-corrected chi connectivity index (χ2v) is 17.6. The highest BCUT2D eigenvalue weighted by atomic mass is 16.2. The number of H-pyrrole nitrogens is 2. The minimum Gasteiger partial charge on any atom is -0.370 e. The summed E-state index contributed by atoms with van der Waals surface area (Å²) in [6.07, 6.45) is 5.20. The van der Waals surface area contributed by atoms with E-state index in [-0.39, 0.29) is 57.6 Å². The Hall–Kier alpha value is -8.15.